The van der Waals surface area contributed by atoms with Gasteiger partial charge in [0, 0.05) is 12.6 Å². The smallest absolute Gasteiger partial charge is 0.344 e. The number of thiophene rings is 1. The van der Waals surface area contributed by atoms with Gasteiger partial charge in [0.2, 0.25) is 0 Å². The zero-order chi connectivity index (χ0) is 21.4. The molecule has 156 valence electrons. The number of ether oxygens (including phenoxy) is 3. The molecule has 8 nitrogen and oxygen atoms in total. The minimum Gasteiger partial charge on any atom is -0.482 e. The molecule has 3 N–H and O–H groups in total. The number of carbonyl (C=O) groups is 3. The molecule has 0 atom stereocenters. The van der Waals surface area contributed by atoms with Crippen LogP contribution in [0.2, 0.25) is 0 Å². The Morgan fingerprint density at radius 2 is 1.79 bits per heavy atom. The van der Waals surface area contributed by atoms with Crippen LogP contribution in [0.25, 0.3) is 0 Å². The molecular weight excluding hydrogens is 396 g/mol. The second kappa shape index (κ2) is 10.5. The summed E-state index contributed by atoms with van der Waals surface area (Å²) in [6.07, 6.45) is 0.905. The third-order valence-corrected chi connectivity index (χ3v) is 5.07. The van der Waals surface area contributed by atoms with E-state index in [0.717, 1.165) is 23.3 Å². The molecule has 0 aliphatic heterocycles. The summed E-state index contributed by atoms with van der Waals surface area (Å²) in [6.45, 7) is 3.23. The van der Waals surface area contributed by atoms with Crippen LogP contribution in [-0.2, 0) is 27.3 Å². The van der Waals surface area contributed by atoms with Gasteiger partial charge in [0.15, 0.2) is 6.61 Å². The van der Waals surface area contributed by atoms with E-state index >= 15 is 0 Å². The summed E-state index contributed by atoms with van der Waals surface area (Å²) in [5, 5.41) is 2.60. The Hall–Kier alpha value is -3.07. The molecule has 0 spiro atoms. The van der Waals surface area contributed by atoms with E-state index in [0.29, 0.717) is 5.75 Å². The monoisotopic (exact) mass is 420 g/mol. The highest BCUT2D eigenvalue weighted by atomic mass is 32.1. The highest BCUT2D eigenvalue weighted by Crippen LogP contribution is 2.32. The minimum atomic E-state index is -0.672. The summed E-state index contributed by atoms with van der Waals surface area (Å²) in [5.41, 5.74) is 7.31. The number of hydrogen-bond acceptors (Lipinski definition) is 8. The van der Waals surface area contributed by atoms with Crippen LogP contribution in [0.4, 0.5) is 5.00 Å². The first-order valence-corrected chi connectivity index (χ1v) is 9.90. The average Bonchev–Trinajstić information content (AvgIpc) is 3.06. The minimum absolute atomic E-state index is 0.0410. The van der Waals surface area contributed by atoms with E-state index in [1.165, 1.54) is 7.05 Å². The summed E-state index contributed by atoms with van der Waals surface area (Å²) in [7, 11) is 1.45. The Balaban J connectivity index is 2.08. The van der Waals surface area contributed by atoms with Crippen LogP contribution in [0.1, 0.15) is 45.0 Å². The van der Waals surface area contributed by atoms with Gasteiger partial charge in [-0.15, -0.1) is 11.3 Å². The average molecular weight is 420 g/mol. The number of rotatable bonds is 9. The molecule has 0 fully saturated rings. The van der Waals surface area contributed by atoms with Gasteiger partial charge in [0.05, 0.1) is 6.61 Å². The molecule has 0 aliphatic rings. The molecule has 0 saturated carbocycles. The standard InChI is InChI=1S/C20H24N2O6S/c1-4-12-6-8-13(9-7-12)27-11-15(23)28-10-14-16(20(25)26-5-2)18(21)29-17(14)19(24)22-3/h6-9H,4-5,10-11,21H2,1-3H3,(H,22,24). The lowest BCUT2D eigenvalue weighted by atomic mass is 10.1. The molecule has 2 rings (SSSR count). The molecule has 0 aliphatic carbocycles. The third-order valence-electron chi connectivity index (χ3n) is 4.01. The number of nitrogens with one attached hydrogen (secondary N) is 1. The van der Waals surface area contributed by atoms with E-state index in [4.69, 9.17) is 19.9 Å². The van der Waals surface area contributed by atoms with E-state index in [-0.39, 0.29) is 40.8 Å². The zero-order valence-electron chi connectivity index (χ0n) is 16.6. The molecule has 1 aromatic carbocycles. The predicted molar refractivity (Wildman–Crippen MR) is 109 cm³/mol. The van der Waals surface area contributed by atoms with E-state index in [1.54, 1.807) is 19.1 Å². The fourth-order valence-electron chi connectivity index (χ4n) is 2.50. The molecule has 0 bridgehead atoms. The maximum absolute atomic E-state index is 12.2. The quantitative estimate of drug-likeness (QED) is 0.599. The van der Waals surface area contributed by atoms with Gasteiger partial charge in [0.1, 0.15) is 27.8 Å². The summed E-state index contributed by atoms with van der Waals surface area (Å²) in [6, 6.07) is 7.37. The van der Waals surface area contributed by atoms with Crippen molar-refractivity contribution in [3.63, 3.8) is 0 Å². The molecule has 9 heteroatoms. The third kappa shape index (κ3) is 5.71. The van der Waals surface area contributed by atoms with Crippen LogP contribution in [0.3, 0.4) is 0 Å². The lowest BCUT2D eigenvalue weighted by Crippen LogP contribution is -2.21. The van der Waals surface area contributed by atoms with Gasteiger partial charge in [-0.25, -0.2) is 9.59 Å². The number of amides is 1. The van der Waals surface area contributed by atoms with Crippen molar-refractivity contribution in [3.05, 3.63) is 45.8 Å². The van der Waals surface area contributed by atoms with Crippen LogP contribution in [-0.4, -0.2) is 38.1 Å². The van der Waals surface area contributed by atoms with E-state index in [2.05, 4.69) is 5.32 Å². The molecule has 29 heavy (non-hydrogen) atoms. The van der Waals surface area contributed by atoms with E-state index in [9.17, 15) is 14.4 Å². The molecule has 0 radical (unpaired) electrons. The van der Waals surface area contributed by atoms with Crippen molar-refractivity contribution in [2.24, 2.45) is 0 Å². The summed E-state index contributed by atoms with van der Waals surface area (Å²) >= 11 is 0.936. The molecule has 1 amide bonds. The Bertz CT molecular complexity index is 876. The number of hydrogen-bond donors (Lipinski definition) is 2. The number of aryl methyl sites for hydroxylation is 1. The lowest BCUT2D eigenvalue weighted by Gasteiger charge is -2.10. The molecule has 0 unspecified atom stereocenters. The number of carbonyl (C=O) groups excluding carboxylic acids is 3. The van der Waals surface area contributed by atoms with Crippen molar-refractivity contribution in [2.45, 2.75) is 26.9 Å². The van der Waals surface area contributed by atoms with Crippen LogP contribution in [0, 0.1) is 0 Å². The Kier molecular flexibility index (Phi) is 8.02. The van der Waals surface area contributed by atoms with Gasteiger partial charge in [-0.05, 0) is 31.0 Å². The summed E-state index contributed by atoms with van der Waals surface area (Å²) in [5.74, 6) is -1.21. The number of nitrogen functional groups attached to an aromatic ring is 1. The number of esters is 2. The second-order valence-corrected chi connectivity index (χ2v) is 6.95. The van der Waals surface area contributed by atoms with E-state index < -0.39 is 17.8 Å². The molecule has 0 saturated heterocycles. The molecule has 1 heterocycles. The molecule has 1 aromatic heterocycles. The fraction of sp³-hybridized carbons (Fsp3) is 0.350. The molecule has 2 aromatic rings. The highest BCUT2D eigenvalue weighted by molar-refractivity contribution is 7.18. The van der Waals surface area contributed by atoms with Crippen LogP contribution < -0.4 is 15.8 Å². The van der Waals surface area contributed by atoms with Crippen LogP contribution in [0.15, 0.2) is 24.3 Å². The maximum Gasteiger partial charge on any atom is 0.344 e. The predicted octanol–water partition coefficient (Wildman–Crippen LogP) is 2.55. The fourth-order valence-corrected chi connectivity index (χ4v) is 3.51. The largest absolute Gasteiger partial charge is 0.482 e. The lowest BCUT2D eigenvalue weighted by molar-refractivity contribution is -0.147. The second-order valence-electron chi connectivity index (χ2n) is 5.90. The molecular formula is C20H24N2O6S. The van der Waals surface area contributed by atoms with Crippen LogP contribution >= 0.6 is 11.3 Å². The summed E-state index contributed by atoms with van der Waals surface area (Å²) in [4.78, 5) is 36.6. The first-order chi connectivity index (χ1) is 13.9. The first-order valence-electron chi connectivity index (χ1n) is 9.08. The van der Waals surface area contributed by atoms with Gasteiger partial charge in [0.25, 0.3) is 5.91 Å². The number of nitrogens with two attached hydrogens (primary N) is 1. The topological polar surface area (TPSA) is 117 Å². The van der Waals surface area contributed by atoms with Crippen molar-refractivity contribution in [1.82, 2.24) is 5.32 Å². The number of benzene rings is 1. The van der Waals surface area contributed by atoms with E-state index in [1.807, 2.05) is 19.1 Å². The normalized spacial score (nSPS) is 10.3. The Morgan fingerprint density at radius 3 is 2.38 bits per heavy atom. The van der Waals surface area contributed by atoms with Crippen LogP contribution in [0.5, 0.6) is 5.75 Å². The first kappa shape index (κ1) is 22.2. The van der Waals surface area contributed by atoms with Gasteiger partial charge >= 0.3 is 11.9 Å². The van der Waals surface area contributed by atoms with Crippen molar-refractivity contribution >= 4 is 34.2 Å². The Labute approximate surface area is 172 Å². The SMILES string of the molecule is CCOC(=O)c1c(N)sc(C(=O)NC)c1COC(=O)COc1ccc(CC)cc1. The maximum atomic E-state index is 12.2. The van der Waals surface area contributed by atoms with Crippen molar-refractivity contribution in [2.75, 3.05) is 26.0 Å². The van der Waals surface area contributed by atoms with Gasteiger partial charge < -0.3 is 25.3 Å². The number of anilines is 1. The van der Waals surface area contributed by atoms with Gasteiger partial charge in [-0.2, -0.15) is 0 Å². The Morgan fingerprint density at radius 1 is 1.10 bits per heavy atom. The van der Waals surface area contributed by atoms with Gasteiger partial charge in [-0.1, -0.05) is 19.1 Å². The summed E-state index contributed by atoms with van der Waals surface area (Å²) < 4.78 is 15.6. The van der Waals surface area contributed by atoms with Crippen molar-refractivity contribution in [1.29, 1.82) is 0 Å². The van der Waals surface area contributed by atoms with Crippen molar-refractivity contribution in [3.8, 4) is 5.75 Å². The highest BCUT2D eigenvalue weighted by Gasteiger charge is 2.27. The van der Waals surface area contributed by atoms with Gasteiger partial charge in [-0.3, -0.25) is 4.79 Å². The van der Waals surface area contributed by atoms with Crippen molar-refractivity contribution < 1.29 is 28.6 Å². The zero-order valence-corrected chi connectivity index (χ0v) is 17.4.